The molecule has 1 aliphatic rings. The van der Waals surface area contributed by atoms with Crippen LogP contribution in [0.3, 0.4) is 0 Å². The Morgan fingerprint density at radius 3 is 2.14 bits per heavy atom. The number of carboxylic acid groups (broad SMARTS) is 1. The highest BCUT2D eigenvalue weighted by atomic mass is 35.5. The number of carboxylic acids is 1. The summed E-state index contributed by atoms with van der Waals surface area (Å²) >= 11 is 11.4. The molecule has 0 aromatic rings. The van der Waals surface area contributed by atoms with Gasteiger partial charge in [-0.05, 0) is 18.3 Å². The van der Waals surface area contributed by atoms with E-state index in [0.29, 0.717) is 5.03 Å². The monoisotopic (exact) mass is 236 g/mol. The van der Waals surface area contributed by atoms with Crippen LogP contribution >= 0.6 is 23.2 Å². The van der Waals surface area contributed by atoms with Gasteiger partial charge in [0.1, 0.15) is 0 Å². The number of aliphatic carboxylic acids is 1. The SMILES string of the molecule is CCC1(CC)C(C(=O)O)C1/C(Cl)=C/Cl. The molecular formula is C10H14Cl2O2. The Bertz CT molecular complexity index is 269. The molecule has 0 saturated heterocycles. The standard InChI is InChI=1S/C10H14Cl2O2/c1-3-10(4-2)7(6(12)5-11)8(10)9(13)14/h5,7-8H,3-4H2,1-2H3,(H,13,14)/b6-5-. The fourth-order valence-electron chi connectivity index (χ4n) is 2.51. The molecule has 1 saturated carbocycles. The highest BCUT2D eigenvalue weighted by Gasteiger charge is 2.67. The van der Waals surface area contributed by atoms with Gasteiger partial charge in [-0.2, -0.15) is 0 Å². The van der Waals surface area contributed by atoms with Crippen molar-refractivity contribution in [3.8, 4) is 0 Å². The fourth-order valence-corrected chi connectivity index (χ4v) is 2.99. The maximum absolute atomic E-state index is 11.0. The summed E-state index contributed by atoms with van der Waals surface area (Å²) in [4.78, 5) is 11.0. The highest BCUT2D eigenvalue weighted by molar-refractivity contribution is 6.37. The van der Waals surface area contributed by atoms with Gasteiger partial charge in [-0.15, -0.1) is 0 Å². The van der Waals surface area contributed by atoms with Crippen LogP contribution in [0.2, 0.25) is 0 Å². The molecular weight excluding hydrogens is 223 g/mol. The summed E-state index contributed by atoms with van der Waals surface area (Å²) in [6.45, 7) is 4.00. The van der Waals surface area contributed by atoms with Crippen LogP contribution in [0.1, 0.15) is 26.7 Å². The van der Waals surface area contributed by atoms with Gasteiger partial charge in [-0.25, -0.2) is 0 Å². The maximum atomic E-state index is 11.0. The highest BCUT2D eigenvalue weighted by Crippen LogP contribution is 2.67. The number of allylic oxidation sites excluding steroid dienone is 1. The van der Waals surface area contributed by atoms with Crippen molar-refractivity contribution in [2.24, 2.45) is 17.3 Å². The van der Waals surface area contributed by atoms with E-state index < -0.39 is 5.97 Å². The summed E-state index contributed by atoms with van der Waals surface area (Å²) in [5.41, 5.74) is 1.11. The predicted molar refractivity (Wildman–Crippen MR) is 57.4 cm³/mol. The van der Waals surface area contributed by atoms with Crippen molar-refractivity contribution in [2.45, 2.75) is 26.7 Å². The summed E-state index contributed by atoms with van der Waals surface area (Å²) in [5, 5.41) is 9.51. The smallest absolute Gasteiger partial charge is 0.307 e. The molecule has 0 bridgehead atoms. The third-order valence-corrected chi connectivity index (χ3v) is 4.14. The average molecular weight is 237 g/mol. The molecule has 1 fully saturated rings. The van der Waals surface area contributed by atoms with Crippen molar-refractivity contribution in [2.75, 3.05) is 0 Å². The fraction of sp³-hybridized carbons (Fsp3) is 0.700. The lowest BCUT2D eigenvalue weighted by atomic mass is 9.95. The molecule has 2 unspecified atom stereocenters. The summed E-state index contributed by atoms with van der Waals surface area (Å²) in [6.07, 6.45) is 1.65. The molecule has 1 N–H and O–H groups in total. The van der Waals surface area contributed by atoms with Gasteiger partial charge in [0.2, 0.25) is 0 Å². The molecule has 0 amide bonds. The Morgan fingerprint density at radius 2 is 1.93 bits per heavy atom. The van der Waals surface area contributed by atoms with E-state index in [4.69, 9.17) is 28.3 Å². The Hall–Kier alpha value is -0.210. The number of hydrogen-bond acceptors (Lipinski definition) is 1. The van der Waals surface area contributed by atoms with E-state index >= 15 is 0 Å². The molecule has 0 aromatic carbocycles. The number of rotatable bonds is 4. The van der Waals surface area contributed by atoms with E-state index in [0.717, 1.165) is 12.8 Å². The molecule has 0 aliphatic heterocycles. The van der Waals surface area contributed by atoms with Crippen molar-refractivity contribution >= 4 is 29.2 Å². The first-order chi connectivity index (χ1) is 6.55. The van der Waals surface area contributed by atoms with Gasteiger partial charge in [0, 0.05) is 16.5 Å². The lowest BCUT2D eigenvalue weighted by Gasteiger charge is -2.10. The van der Waals surface area contributed by atoms with E-state index in [2.05, 4.69) is 0 Å². The minimum absolute atomic E-state index is 0.0887. The number of carbonyl (C=O) groups is 1. The third kappa shape index (κ3) is 1.55. The third-order valence-electron chi connectivity index (χ3n) is 3.45. The van der Waals surface area contributed by atoms with E-state index in [-0.39, 0.29) is 17.3 Å². The van der Waals surface area contributed by atoms with Gasteiger partial charge in [-0.1, -0.05) is 37.0 Å². The summed E-state index contributed by atoms with van der Waals surface area (Å²) in [6, 6.07) is 0. The second-order valence-corrected chi connectivity index (χ2v) is 4.38. The van der Waals surface area contributed by atoms with E-state index in [1.165, 1.54) is 5.54 Å². The van der Waals surface area contributed by atoms with Crippen molar-refractivity contribution in [1.82, 2.24) is 0 Å². The van der Waals surface area contributed by atoms with Crippen molar-refractivity contribution in [1.29, 1.82) is 0 Å². The average Bonchev–Trinajstić information content (AvgIpc) is 2.86. The second kappa shape index (κ2) is 4.11. The zero-order chi connectivity index (χ0) is 10.9. The molecule has 80 valence electrons. The largest absolute Gasteiger partial charge is 0.481 e. The molecule has 0 spiro atoms. The van der Waals surface area contributed by atoms with Crippen LogP contribution in [0.25, 0.3) is 0 Å². The Labute approximate surface area is 93.9 Å². The Balaban J connectivity index is 2.93. The first-order valence-electron chi connectivity index (χ1n) is 4.73. The molecule has 0 aromatic heterocycles. The van der Waals surface area contributed by atoms with Crippen molar-refractivity contribution in [3.05, 3.63) is 10.6 Å². The molecule has 4 heteroatoms. The van der Waals surface area contributed by atoms with E-state index in [1.807, 2.05) is 13.8 Å². The summed E-state index contributed by atoms with van der Waals surface area (Å²) in [7, 11) is 0. The van der Waals surface area contributed by atoms with Crippen LogP contribution in [0.4, 0.5) is 0 Å². The lowest BCUT2D eigenvalue weighted by molar-refractivity contribution is -0.139. The van der Waals surface area contributed by atoms with Crippen molar-refractivity contribution < 1.29 is 9.90 Å². The van der Waals surface area contributed by atoms with Crippen molar-refractivity contribution in [3.63, 3.8) is 0 Å². The van der Waals surface area contributed by atoms with Gasteiger partial charge in [0.05, 0.1) is 5.92 Å². The van der Waals surface area contributed by atoms with Crippen LogP contribution in [0.15, 0.2) is 10.6 Å². The van der Waals surface area contributed by atoms with Crippen LogP contribution in [0.5, 0.6) is 0 Å². The minimum Gasteiger partial charge on any atom is -0.481 e. The van der Waals surface area contributed by atoms with Gasteiger partial charge >= 0.3 is 5.97 Å². The van der Waals surface area contributed by atoms with Gasteiger partial charge in [0.15, 0.2) is 0 Å². The second-order valence-electron chi connectivity index (χ2n) is 3.73. The Morgan fingerprint density at radius 1 is 1.43 bits per heavy atom. The molecule has 2 nitrogen and oxygen atoms in total. The number of halogens is 2. The molecule has 14 heavy (non-hydrogen) atoms. The van der Waals surface area contributed by atoms with Gasteiger partial charge < -0.3 is 5.11 Å². The van der Waals surface area contributed by atoms with E-state index in [1.54, 1.807) is 0 Å². The van der Waals surface area contributed by atoms with E-state index in [9.17, 15) is 4.79 Å². The number of hydrogen-bond donors (Lipinski definition) is 1. The Kier molecular flexibility index (Phi) is 3.49. The summed E-state index contributed by atoms with van der Waals surface area (Å²) < 4.78 is 0. The molecule has 1 rings (SSSR count). The molecule has 0 heterocycles. The van der Waals surface area contributed by atoms with Crippen LogP contribution in [-0.2, 0) is 4.79 Å². The summed E-state index contributed by atoms with van der Waals surface area (Å²) in [5.74, 6) is -1.22. The first kappa shape index (κ1) is 11.9. The van der Waals surface area contributed by atoms with Crippen LogP contribution in [-0.4, -0.2) is 11.1 Å². The van der Waals surface area contributed by atoms with Gasteiger partial charge in [-0.3, -0.25) is 4.79 Å². The topological polar surface area (TPSA) is 37.3 Å². The molecule has 1 aliphatic carbocycles. The van der Waals surface area contributed by atoms with Gasteiger partial charge in [0.25, 0.3) is 0 Å². The minimum atomic E-state index is -0.768. The zero-order valence-corrected chi connectivity index (χ0v) is 9.77. The lowest BCUT2D eigenvalue weighted by Crippen LogP contribution is -2.08. The van der Waals surface area contributed by atoms with Crippen LogP contribution < -0.4 is 0 Å². The van der Waals surface area contributed by atoms with Crippen LogP contribution in [0, 0.1) is 17.3 Å². The first-order valence-corrected chi connectivity index (χ1v) is 5.55. The zero-order valence-electron chi connectivity index (χ0n) is 8.26. The quantitative estimate of drug-likeness (QED) is 0.813. The molecule has 2 atom stereocenters. The predicted octanol–water partition coefficient (Wildman–Crippen LogP) is 3.44. The maximum Gasteiger partial charge on any atom is 0.307 e. The normalized spacial score (nSPS) is 30.1. The molecule has 0 radical (unpaired) electrons.